The number of hydrogen-bond donors (Lipinski definition) is 2. The number of nitrogens with one attached hydrogen (secondary N) is 2. The average molecular weight is 408 g/mol. The Bertz CT molecular complexity index is 781. The fourth-order valence-electron chi connectivity index (χ4n) is 4.40. The van der Waals surface area contributed by atoms with Crippen molar-refractivity contribution in [1.82, 2.24) is 15.2 Å². The average Bonchev–Trinajstić information content (AvgIpc) is 2.80. The van der Waals surface area contributed by atoms with E-state index in [1.54, 1.807) is 0 Å². The molecule has 0 atom stereocenters. The Balaban J connectivity index is 1.17. The first kappa shape index (κ1) is 20.7. The van der Waals surface area contributed by atoms with Gasteiger partial charge in [-0.2, -0.15) is 0 Å². The number of benzene rings is 1. The Morgan fingerprint density at radius 2 is 1.63 bits per heavy atom. The number of carbonyl (C=O) groups excluding carboxylic acids is 1. The Kier molecular flexibility index (Phi) is 7.19. The lowest BCUT2D eigenvalue weighted by Crippen LogP contribution is -2.46. The molecule has 3 heterocycles. The number of pyridine rings is 1. The molecule has 30 heavy (non-hydrogen) atoms. The summed E-state index contributed by atoms with van der Waals surface area (Å²) in [5, 5.41) is 6.13. The number of likely N-dealkylation sites (tertiary alicyclic amines) is 1. The molecule has 0 radical (unpaired) electrons. The van der Waals surface area contributed by atoms with Crippen LogP contribution >= 0.6 is 0 Å². The lowest BCUT2D eigenvalue weighted by atomic mass is 10.0. The fraction of sp³-hybridized carbons (Fsp3) is 0.500. The zero-order valence-electron chi connectivity index (χ0n) is 17.7. The highest BCUT2D eigenvalue weighted by molar-refractivity contribution is 5.89. The van der Waals surface area contributed by atoms with E-state index in [-0.39, 0.29) is 12.1 Å². The molecule has 6 nitrogen and oxygen atoms in total. The number of hydrogen-bond acceptors (Lipinski definition) is 4. The van der Waals surface area contributed by atoms with Gasteiger partial charge in [-0.05, 0) is 80.5 Å². The van der Waals surface area contributed by atoms with E-state index in [2.05, 4.69) is 49.7 Å². The van der Waals surface area contributed by atoms with E-state index in [1.807, 2.05) is 24.5 Å². The van der Waals surface area contributed by atoms with Crippen molar-refractivity contribution in [2.75, 3.05) is 42.9 Å². The summed E-state index contributed by atoms with van der Waals surface area (Å²) in [6, 6.07) is 12.5. The second-order valence-electron chi connectivity index (χ2n) is 8.41. The Morgan fingerprint density at radius 1 is 0.933 bits per heavy atom. The highest BCUT2D eigenvalue weighted by Crippen LogP contribution is 2.22. The third kappa shape index (κ3) is 5.95. The van der Waals surface area contributed by atoms with Crippen molar-refractivity contribution in [3.63, 3.8) is 0 Å². The van der Waals surface area contributed by atoms with Crippen LogP contribution in [-0.2, 0) is 6.42 Å². The van der Waals surface area contributed by atoms with Crippen LogP contribution < -0.4 is 15.5 Å². The largest absolute Gasteiger partial charge is 0.372 e. The van der Waals surface area contributed by atoms with Gasteiger partial charge in [0.1, 0.15) is 0 Å². The molecule has 160 valence electrons. The molecule has 0 unspecified atom stereocenters. The van der Waals surface area contributed by atoms with Crippen LogP contribution in [0.15, 0.2) is 48.8 Å². The van der Waals surface area contributed by atoms with Gasteiger partial charge in [0.2, 0.25) is 0 Å². The van der Waals surface area contributed by atoms with Crippen molar-refractivity contribution in [3.05, 3.63) is 54.4 Å². The molecule has 2 saturated heterocycles. The molecule has 1 aromatic carbocycles. The van der Waals surface area contributed by atoms with Gasteiger partial charge in [-0.3, -0.25) is 4.98 Å². The number of aromatic nitrogens is 1. The SMILES string of the molecule is O=C(Nc1ccc(N2CCCCC2)cc1)NC1CCN(CCc2ccncc2)CC1. The molecule has 2 aliphatic rings. The zero-order chi connectivity index (χ0) is 20.6. The van der Waals surface area contributed by atoms with Gasteiger partial charge in [-0.15, -0.1) is 0 Å². The van der Waals surface area contributed by atoms with E-state index in [9.17, 15) is 4.79 Å². The van der Waals surface area contributed by atoms with Crippen LogP contribution in [0.5, 0.6) is 0 Å². The summed E-state index contributed by atoms with van der Waals surface area (Å²) < 4.78 is 0. The van der Waals surface area contributed by atoms with E-state index in [1.165, 1.54) is 30.5 Å². The maximum Gasteiger partial charge on any atom is 0.319 e. The standard InChI is InChI=1S/C24H33N5O/c30-24(26-21-4-6-23(7-5-21)29-15-2-1-3-16-29)27-22-11-18-28(19-12-22)17-10-20-8-13-25-14-9-20/h4-9,13-14,22H,1-3,10-12,15-19H2,(H2,26,27,30). The van der Waals surface area contributed by atoms with E-state index in [0.29, 0.717) is 0 Å². The Labute approximate surface area is 179 Å². The van der Waals surface area contributed by atoms with Gasteiger partial charge >= 0.3 is 6.03 Å². The van der Waals surface area contributed by atoms with Crippen LogP contribution in [0, 0.1) is 0 Å². The lowest BCUT2D eigenvalue weighted by molar-refractivity contribution is 0.197. The van der Waals surface area contributed by atoms with Crippen molar-refractivity contribution in [3.8, 4) is 0 Å². The maximum absolute atomic E-state index is 12.4. The van der Waals surface area contributed by atoms with Gasteiger partial charge in [-0.25, -0.2) is 4.79 Å². The predicted molar refractivity (Wildman–Crippen MR) is 122 cm³/mol. The molecule has 0 spiro atoms. The minimum Gasteiger partial charge on any atom is -0.372 e. The molecule has 2 fully saturated rings. The number of piperidine rings is 2. The molecule has 0 bridgehead atoms. The van der Waals surface area contributed by atoms with Gasteiger partial charge in [-0.1, -0.05) is 0 Å². The maximum atomic E-state index is 12.4. The van der Waals surface area contributed by atoms with Crippen LogP contribution in [0.4, 0.5) is 16.2 Å². The molecule has 1 aromatic heterocycles. The Hall–Kier alpha value is -2.60. The van der Waals surface area contributed by atoms with Crippen LogP contribution in [0.2, 0.25) is 0 Å². The molecule has 4 rings (SSSR count). The van der Waals surface area contributed by atoms with E-state index < -0.39 is 0 Å². The van der Waals surface area contributed by atoms with Crippen LogP contribution in [0.25, 0.3) is 0 Å². The fourth-order valence-corrected chi connectivity index (χ4v) is 4.40. The topological polar surface area (TPSA) is 60.5 Å². The second-order valence-corrected chi connectivity index (χ2v) is 8.41. The normalized spacial score (nSPS) is 18.2. The first-order chi connectivity index (χ1) is 14.8. The number of rotatable bonds is 6. The molecular weight excluding hydrogens is 374 g/mol. The highest BCUT2D eigenvalue weighted by Gasteiger charge is 2.20. The number of carbonyl (C=O) groups is 1. The summed E-state index contributed by atoms with van der Waals surface area (Å²) in [7, 11) is 0. The van der Waals surface area contributed by atoms with Gasteiger partial charge in [0.25, 0.3) is 0 Å². The van der Waals surface area contributed by atoms with Crippen molar-refractivity contribution in [2.45, 2.75) is 44.6 Å². The summed E-state index contributed by atoms with van der Waals surface area (Å²) in [5.41, 5.74) is 3.43. The van der Waals surface area contributed by atoms with Crippen LogP contribution in [0.3, 0.4) is 0 Å². The van der Waals surface area contributed by atoms with E-state index in [4.69, 9.17) is 0 Å². The molecule has 2 amide bonds. The minimum absolute atomic E-state index is 0.101. The smallest absolute Gasteiger partial charge is 0.319 e. The number of anilines is 2. The van der Waals surface area contributed by atoms with Crippen molar-refractivity contribution in [1.29, 1.82) is 0 Å². The van der Waals surface area contributed by atoms with Gasteiger partial charge in [0.15, 0.2) is 0 Å². The van der Waals surface area contributed by atoms with E-state index in [0.717, 1.165) is 57.7 Å². The molecule has 2 aliphatic heterocycles. The minimum atomic E-state index is -0.101. The van der Waals surface area contributed by atoms with Crippen molar-refractivity contribution < 1.29 is 4.79 Å². The second kappa shape index (κ2) is 10.4. The van der Waals surface area contributed by atoms with Crippen molar-refractivity contribution in [2.24, 2.45) is 0 Å². The third-order valence-corrected chi connectivity index (χ3v) is 6.24. The Morgan fingerprint density at radius 3 is 2.33 bits per heavy atom. The van der Waals surface area contributed by atoms with E-state index >= 15 is 0 Å². The lowest BCUT2D eigenvalue weighted by Gasteiger charge is -2.32. The molecule has 6 heteroatoms. The molecule has 0 saturated carbocycles. The molecule has 0 aliphatic carbocycles. The van der Waals surface area contributed by atoms with Gasteiger partial charge in [0.05, 0.1) is 0 Å². The first-order valence-electron chi connectivity index (χ1n) is 11.3. The summed E-state index contributed by atoms with van der Waals surface area (Å²) in [5.74, 6) is 0. The quantitative estimate of drug-likeness (QED) is 0.762. The van der Waals surface area contributed by atoms with Crippen LogP contribution in [0.1, 0.15) is 37.7 Å². The van der Waals surface area contributed by atoms with Crippen molar-refractivity contribution >= 4 is 17.4 Å². The number of urea groups is 1. The summed E-state index contributed by atoms with van der Waals surface area (Å²) in [4.78, 5) is 21.4. The zero-order valence-corrected chi connectivity index (χ0v) is 17.7. The third-order valence-electron chi connectivity index (χ3n) is 6.24. The molecular formula is C24H33N5O. The summed E-state index contributed by atoms with van der Waals surface area (Å²) in [6.07, 6.45) is 10.6. The van der Waals surface area contributed by atoms with Crippen LogP contribution in [-0.4, -0.2) is 54.7 Å². The first-order valence-corrected chi connectivity index (χ1v) is 11.3. The summed E-state index contributed by atoms with van der Waals surface area (Å²) >= 11 is 0. The van der Waals surface area contributed by atoms with Gasteiger partial charge in [0, 0.05) is 62.5 Å². The van der Waals surface area contributed by atoms with Gasteiger partial charge < -0.3 is 20.4 Å². The summed E-state index contributed by atoms with van der Waals surface area (Å²) in [6.45, 7) is 5.39. The number of amides is 2. The molecule has 2 N–H and O–H groups in total. The predicted octanol–water partition coefficient (Wildman–Crippen LogP) is 3.90. The molecule has 2 aromatic rings. The highest BCUT2D eigenvalue weighted by atomic mass is 16.2. The monoisotopic (exact) mass is 407 g/mol. The number of nitrogens with zero attached hydrogens (tertiary/aromatic N) is 3.